The summed E-state index contributed by atoms with van der Waals surface area (Å²) in [6, 6.07) is 22.6. The standard InChI is InChI=1S/C26H28N2O4S/c1-3-17-28(19-22-7-5-4-6-8-22)26(30)24-11-9-21(10-12-24)18-27-33(31,32)25-15-13-23(14-16-25)20(2)29/h4-16,27H,3,17-19H2,1-2H3. The summed E-state index contributed by atoms with van der Waals surface area (Å²) >= 11 is 0. The lowest BCUT2D eigenvalue weighted by molar-refractivity contribution is 0.0743. The zero-order valence-electron chi connectivity index (χ0n) is 18.8. The lowest BCUT2D eigenvalue weighted by Crippen LogP contribution is -2.31. The van der Waals surface area contributed by atoms with Crippen LogP contribution >= 0.6 is 0 Å². The van der Waals surface area contributed by atoms with E-state index in [0.717, 1.165) is 17.5 Å². The second kappa shape index (κ2) is 11.0. The van der Waals surface area contributed by atoms with E-state index in [2.05, 4.69) is 4.72 Å². The fourth-order valence-electron chi connectivity index (χ4n) is 3.40. The van der Waals surface area contributed by atoms with Crippen molar-refractivity contribution in [2.24, 2.45) is 0 Å². The Kier molecular flexibility index (Phi) is 8.14. The Morgan fingerprint density at radius 2 is 1.42 bits per heavy atom. The highest BCUT2D eigenvalue weighted by Crippen LogP contribution is 2.14. The normalized spacial score (nSPS) is 11.2. The molecule has 0 aliphatic carbocycles. The molecule has 0 aliphatic heterocycles. The Morgan fingerprint density at radius 3 is 2.00 bits per heavy atom. The van der Waals surface area contributed by atoms with Crippen molar-refractivity contribution in [1.29, 1.82) is 0 Å². The maximum absolute atomic E-state index is 13.0. The Balaban J connectivity index is 1.65. The van der Waals surface area contributed by atoms with Gasteiger partial charge < -0.3 is 4.90 Å². The zero-order chi connectivity index (χ0) is 23.8. The van der Waals surface area contributed by atoms with E-state index in [1.807, 2.05) is 42.2 Å². The van der Waals surface area contributed by atoms with Gasteiger partial charge in [0.15, 0.2) is 5.78 Å². The fourth-order valence-corrected chi connectivity index (χ4v) is 4.42. The molecule has 0 saturated carbocycles. The third kappa shape index (κ3) is 6.60. The summed E-state index contributed by atoms with van der Waals surface area (Å²) in [6.45, 7) is 4.75. The summed E-state index contributed by atoms with van der Waals surface area (Å²) in [7, 11) is -3.72. The van der Waals surface area contributed by atoms with Crippen LogP contribution in [0.15, 0.2) is 83.8 Å². The molecule has 172 valence electrons. The van der Waals surface area contributed by atoms with Gasteiger partial charge in [0.1, 0.15) is 0 Å². The third-order valence-corrected chi connectivity index (χ3v) is 6.65. The van der Waals surface area contributed by atoms with Crippen molar-refractivity contribution in [2.75, 3.05) is 6.54 Å². The van der Waals surface area contributed by atoms with Crippen LogP contribution in [0.3, 0.4) is 0 Å². The second-order valence-electron chi connectivity index (χ2n) is 7.81. The predicted molar refractivity (Wildman–Crippen MR) is 128 cm³/mol. The van der Waals surface area contributed by atoms with Gasteiger partial charge in [-0.3, -0.25) is 9.59 Å². The number of nitrogens with zero attached hydrogens (tertiary/aromatic N) is 1. The second-order valence-corrected chi connectivity index (χ2v) is 9.58. The molecule has 0 atom stereocenters. The van der Waals surface area contributed by atoms with Crippen molar-refractivity contribution in [1.82, 2.24) is 9.62 Å². The summed E-state index contributed by atoms with van der Waals surface area (Å²) in [6.07, 6.45) is 0.853. The first-order valence-electron chi connectivity index (χ1n) is 10.8. The number of ketones is 1. The smallest absolute Gasteiger partial charge is 0.254 e. The molecule has 1 amide bonds. The zero-order valence-corrected chi connectivity index (χ0v) is 19.6. The fraction of sp³-hybridized carbons (Fsp3) is 0.231. The Labute approximate surface area is 195 Å². The number of hydrogen-bond donors (Lipinski definition) is 1. The van der Waals surface area contributed by atoms with E-state index in [9.17, 15) is 18.0 Å². The van der Waals surface area contributed by atoms with Crippen molar-refractivity contribution in [2.45, 2.75) is 38.3 Å². The maximum atomic E-state index is 13.0. The molecule has 0 saturated heterocycles. The molecule has 0 unspecified atom stereocenters. The highest BCUT2D eigenvalue weighted by atomic mass is 32.2. The molecule has 6 nitrogen and oxygen atoms in total. The summed E-state index contributed by atoms with van der Waals surface area (Å²) in [5.74, 6) is -0.179. The minimum atomic E-state index is -3.72. The molecule has 0 bridgehead atoms. The molecule has 1 N–H and O–H groups in total. The number of carbonyl (C=O) groups excluding carboxylic acids is 2. The quantitative estimate of drug-likeness (QED) is 0.450. The lowest BCUT2D eigenvalue weighted by atomic mass is 10.1. The third-order valence-electron chi connectivity index (χ3n) is 5.24. The van der Waals surface area contributed by atoms with Gasteiger partial charge in [0.25, 0.3) is 5.91 Å². The van der Waals surface area contributed by atoms with Crippen LogP contribution < -0.4 is 4.72 Å². The summed E-state index contributed by atoms with van der Waals surface area (Å²) < 4.78 is 27.6. The summed E-state index contributed by atoms with van der Waals surface area (Å²) in [5, 5.41) is 0. The van der Waals surface area contributed by atoms with Crippen LogP contribution in [0.4, 0.5) is 0 Å². The van der Waals surface area contributed by atoms with Gasteiger partial charge in [-0.05, 0) is 48.7 Å². The highest BCUT2D eigenvalue weighted by molar-refractivity contribution is 7.89. The first kappa shape index (κ1) is 24.4. The first-order valence-corrected chi connectivity index (χ1v) is 12.3. The maximum Gasteiger partial charge on any atom is 0.254 e. The molecule has 33 heavy (non-hydrogen) atoms. The molecular weight excluding hydrogens is 436 g/mol. The van der Waals surface area contributed by atoms with E-state index in [1.165, 1.54) is 31.2 Å². The monoisotopic (exact) mass is 464 g/mol. The molecule has 0 heterocycles. The number of carbonyl (C=O) groups is 2. The number of rotatable bonds is 10. The minimum absolute atomic E-state index is 0.0570. The average Bonchev–Trinajstić information content (AvgIpc) is 2.83. The van der Waals surface area contributed by atoms with Crippen LogP contribution in [-0.2, 0) is 23.1 Å². The van der Waals surface area contributed by atoms with E-state index < -0.39 is 10.0 Å². The lowest BCUT2D eigenvalue weighted by Gasteiger charge is -2.22. The van der Waals surface area contributed by atoms with Crippen molar-refractivity contribution in [3.63, 3.8) is 0 Å². The van der Waals surface area contributed by atoms with Gasteiger partial charge >= 0.3 is 0 Å². The highest BCUT2D eigenvalue weighted by Gasteiger charge is 2.17. The first-order chi connectivity index (χ1) is 15.8. The largest absolute Gasteiger partial charge is 0.334 e. The molecule has 3 aromatic rings. The van der Waals surface area contributed by atoms with Crippen LogP contribution in [0.2, 0.25) is 0 Å². The van der Waals surface area contributed by atoms with Crippen LogP contribution in [0.5, 0.6) is 0 Å². The molecule has 3 rings (SSSR count). The van der Waals surface area contributed by atoms with E-state index >= 15 is 0 Å². The number of nitrogens with one attached hydrogen (secondary N) is 1. The van der Waals surface area contributed by atoms with Crippen molar-refractivity contribution < 1.29 is 18.0 Å². The molecule has 0 aliphatic rings. The van der Waals surface area contributed by atoms with Crippen molar-refractivity contribution in [3.05, 3.63) is 101 Å². The van der Waals surface area contributed by atoms with Gasteiger partial charge in [-0.25, -0.2) is 13.1 Å². The molecule has 0 spiro atoms. The Hall–Kier alpha value is -3.29. The van der Waals surface area contributed by atoms with Gasteiger partial charge in [-0.2, -0.15) is 0 Å². The summed E-state index contributed by atoms with van der Waals surface area (Å²) in [4.78, 5) is 26.3. The van der Waals surface area contributed by atoms with E-state index in [1.54, 1.807) is 24.3 Å². The molecule has 0 aromatic heterocycles. The number of benzene rings is 3. The minimum Gasteiger partial charge on any atom is -0.334 e. The van der Waals surface area contributed by atoms with Gasteiger partial charge in [0, 0.05) is 30.8 Å². The van der Waals surface area contributed by atoms with Crippen LogP contribution in [0.1, 0.15) is 52.1 Å². The van der Waals surface area contributed by atoms with Crippen molar-refractivity contribution >= 4 is 21.7 Å². The van der Waals surface area contributed by atoms with Crippen LogP contribution in [0.25, 0.3) is 0 Å². The Morgan fingerprint density at radius 1 is 0.818 bits per heavy atom. The summed E-state index contributed by atoms with van der Waals surface area (Å²) in [5.41, 5.74) is 2.83. The molecule has 0 fully saturated rings. The number of Topliss-reactive ketones (excluding diaryl/α,β-unsaturated/α-hetero) is 1. The Bertz CT molecular complexity index is 1190. The van der Waals surface area contributed by atoms with Crippen molar-refractivity contribution in [3.8, 4) is 0 Å². The van der Waals surface area contributed by atoms with Gasteiger partial charge in [0.05, 0.1) is 4.90 Å². The van der Waals surface area contributed by atoms with Crippen LogP contribution in [0, 0.1) is 0 Å². The van der Waals surface area contributed by atoms with Gasteiger partial charge in [-0.1, -0.05) is 61.5 Å². The predicted octanol–water partition coefficient (Wildman–Crippen LogP) is 4.42. The van der Waals surface area contributed by atoms with Gasteiger partial charge in [-0.15, -0.1) is 0 Å². The molecule has 3 aromatic carbocycles. The number of hydrogen-bond acceptors (Lipinski definition) is 4. The number of sulfonamides is 1. The topological polar surface area (TPSA) is 83.6 Å². The van der Waals surface area contributed by atoms with Crippen LogP contribution in [-0.4, -0.2) is 31.6 Å². The average molecular weight is 465 g/mol. The SMILES string of the molecule is CCCN(Cc1ccccc1)C(=O)c1ccc(CNS(=O)(=O)c2ccc(C(C)=O)cc2)cc1. The van der Waals surface area contributed by atoms with E-state index in [4.69, 9.17) is 0 Å². The molecule has 7 heteroatoms. The number of amides is 1. The van der Waals surface area contributed by atoms with Gasteiger partial charge in [0.2, 0.25) is 10.0 Å². The molecular formula is C26H28N2O4S. The molecule has 0 radical (unpaired) electrons. The van der Waals surface area contributed by atoms with E-state index in [-0.39, 0.29) is 23.1 Å². The van der Waals surface area contributed by atoms with E-state index in [0.29, 0.717) is 24.2 Å².